The van der Waals surface area contributed by atoms with Gasteiger partial charge in [0.25, 0.3) is 0 Å². The predicted molar refractivity (Wildman–Crippen MR) is 97.7 cm³/mol. The summed E-state index contributed by atoms with van der Waals surface area (Å²) < 4.78 is 5.64. The first kappa shape index (κ1) is 18.2. The zero-order chi connectivity index (χ0) is 18.6. The van der Waals surface area contributed by atoms with E-state index in [4.69, 9.17) is 16.3 Å². The lowest BCUT2D eigenvalue weighted by Gasteiger charge is -2.54. The highest BCUT2D eigenvalue weighted by atomic mass is 35.5. The van der Waals surface area contributed by atoms with E-state index in [1.807, 2.05) is 0 Å². The van der Waals surface area contributed by atoms with E-state index in [0.29, 0.717) is 24.7 Å². The smallest absolute Gasteiger partial charge is 0.302 e. The number of hydrogen-bond acceptors (Lipinski definition) is 4. The molecule has 0 spiro atoms. The van der Waals surface area contributed by atoms with Gasteiger partial charge in [0.15, 0.2) is 5.78 Å². The SMILES string of the molecule is CC[C@]12CC[C@H]3[C@@H](CC(Cl)C4=CC(=O)CC[C@@H]43)[C@@H]1[C@@H](OC(C)=O)CC2=O. The number of carbonyl (C=O) groups excluding carboxylic acids is 3. The lowest BCUT2D eigenvalue weighted by molar-refractivity contribution is -0.155. The van der Waals surface area contributed by atoms with E-state index in [0.717, 1.165) is 37.7 Å². The van der Waals surface area contributed by atoms with Crippen molar-refractivity contribution in [3.05, 3.63) is 11.6 Å². The van der Waals surface area contributed by atoms with Gasteiger partial charge in [0, 0.05) is 31.1 Å². The zero-order valence-electron chi connectivity index (χ0n) is 15.5. The monoisotopic (exact) mass is 378 g/mol. The summed E-state index contributed by atoms with van der Waals surface area (Å²) in [7, 11) is 0. The predicted octanol–water partition coefficient (Wildman–Crippen LogP) is 3.85. The van der Waals surface area contributed by atoms with Gasteiger partial charge in [0.2, 0.25) is 0 Å². The minimum Gasteiger partial charge on any atom is -0.462 e. The number of rotatable bonds is 2. The maximum atomic E-state index is 13.0. The number of Topliss-reactive ketones (excluding diaryl/α,β-unsaturated/α-hetero) is 1. The Morgan fingerprint density at radius 3 is 2.77 bits per heavy atom. The normalized spacial score (nSPS) is 44.7. The van der Waals surface area contributed by atoms with Gasteiger partial charge in [-0.25, -0.2) is 0 Å². The molecule has 0 aromatic heterocycles. The molecule has 0 radical (unpaired) electrons. The Labute approximate surface area is 159 Å². The molecule has 0 N–H and O–H groups in total. The lowest BCUT2D eigenvalue weighted by atomic mass is 9.51. The Kier molecular flexibility index (Phi) is 4.53. The average Bonchev–Trinajstić information content (AvgIpc) is 2.87. The highest BCUT2D eigenvalue weighted by Crippen LogP contribution is 2.62. The molecule has 4 aliphatic carbocycles. The minimum atomic E-state index is -0.358. The first-order chi connectivity index (χ1) is 12.4. The van der Waals surface area contributed by atoms with Gasteiger partial charge in [0.1, 0.15) is 11.9 Å². The van der Waals surface area contributed by atoms with Crippen molar-refractivity contribution in [1.29, 1.82) is 0 Å². The molecule has 26 heavy (non-hydrogen) atoms. The molecule has 4 rings (SSSR count). The topological polar surface area (TPSA) is 60.4 Å². The van der Waals surface area contributed by atoms with Crippen LogP contribution in [0.5, 0.6) is 0 Å². The number of ether oxygens (including phenoxy) is 1. The fourth-order valence-electron chi connectivity index (χ4n) is 6.70. The van der Waals surface area contributed by atoms with Crippen molar-refractivity contribution in [1.82, 2.24) is 0 Å². The number of allylic oxidation sites excluding steroid dienone is 1. The van der Waals surface area contributed by atoms with Crippen LogP contribution in [0.15, 0.2) is 11.6 Å². The summed E-state index contributed by atoms with van der Waals surface area (Å²) in [6, 6.07) is 0. The van der Waals surface area contributed by atoms with E-state index in [-0.39, 0.29) is 46.3 Å². The first-order valence-electron chi connectivity index (χ1n) is 9.96. The maximum Gasteiger partial charge on any atom is 0.302 e. The summed E-state index contributed by atoms with van der Waals surface area (Å²) in [5.74, 6) is 1.30. The molecular weight excluding hydrogens is 352 g/mol. The summed E-state index contributed by atoms with van der Waals surface area (Å²) >= 11 is 6.73. The molecule has 3 saturated carbocycles. The van der Waals surface area contributed by atoms with Crippen LogP contribution in [0.2, 0.25) is 0 Å². The fourth-order valence-corrected chi connectivity index (χ4v) is 7.13. The van der Waals surface area contributed by atoms with Crippen LogP contribution in [-0.4, -0.2) is 29.0 Å². The van der Waals surface area contributed by atoms with Crippen molar-refractivity contribution in [3.63, 3.8) is 0 Å². The first-order valence-corrected chi connectivity index (χ1v) is 10.4. The number of esters is 1. The van der Waals surface area contributed by atoms with E-state index < -0.39 is 0 Å². The molecule has 7 atom stereocenters. The standard InChI is InChI=1S/C21H27ClO4/c1-3-21-7-6-14-13-5-4-12(24)8-15(13)17(22)9-16(14)20(21)18(10-19(21)25)26-11(2)23/h8,13-14,16-18,20H,3-7,9-10H2,1-2H3/t13-,14-,16-,17?,18+,20-,21-/m1/s1. The number of fused-ring (bicyclic) bond motifs is 5. The van der Waals surface area contributed by atoms with Crippen LogP contribution in [0, 0.1) is 29.1 Å². The second-order valence-corrected chi connectivity index (χ2v) is 9.16. The molecule has 0 aromatic carbocycles. The average molecular weight is 379 g/mol. The summed E-state index contributed by atoms with van der Waals surface area (Å²) in [6.45, 7) is 3.52. The van der Waals surface area contributed by atoms with Gasteiger partial charge in [-0.3, -0.25) is 14.4 Å². The largest absolute Gasteiger partial charge is 0.462 e. The van der Waals surface area contributed by atoms with Gasteiger partial charge >= 0.3 is 5.97 Å². The minimum absolute atomic E-state index is 0.0723. The van der Waals surface area contributed by atoms with Crippen molar-refractivity contribution in [3.8, 4) is 0 Å². The van der Waals surface area contributed by atoms with Crippen LogP contribution in [-0.2, 0) is 19.1 Å². The fraction of sp³-hybridized carbons (Fsp3) is 0.762. The van der Waals surface area contributed by atoms with E-state index in [9.17, 15) is 14.4 Å². The van der Waals surface area contributed by atoms with Gasteiger partial charge < -0.3 is 4.74 Å². The van der Waals surface area contributed by atoms with Gasteiger partial charge in [-0.2, -0.15) is 0 Å². The highest BCUT2D eigenvalue weighted by molar-refractivity contribution is 6.23. The number of hydrogen-bond donors (Lipinski definition) is 0. The van der Waals surface area contributed by atoms with E-state index >= 15 is 0 Å². The number of halogens is 1. The van der Waals surface area contributed by atoms with Gasteiger partial charge in [-0.15, -0.1) is 11.6 Å². The Hall–Kier alpha value is -1.16. The summed E-state index contributed by atoms with van der Waals surface area (Å²) in [5.41, 5.74) is 0.755. The molecule has 0 saturated heterocycles. The summed E-state index contributed by atoms with van der Waals surface area (Å²) in [4.78, 5) is 36.5. The third-order valence-electron chi connectivity index (χ3n) is 7.68. The third kappa shape index (κ3) is 2.59. The van der Waals surface area contributed by atoms with Gasteiger partial charge in [0.05, 0.1) is 5.38 Å². The van der Waals surface area contributed by atoms with Crippen molar-refractivity contribution in [2.45, 2.75) is 70.3 Å². The Bertz CT molecular complexity index is 683. The van der Waals surface area contributed by atoms with Crippen molar-refractivity contribution in [2.24, 2.45) is 29.1 Å². The summed E-state index contributed by atoms with van der Waals surface area (Å²) in [5, 5.41) is -0.146. The molecule has 0 heterocycles. The Balaban J connectivity index is 1.72. The molecule has 142 valence electrons. The molecule has 3 fully saturated rings. The molecule has 4 aliphatic rings. The molecular formula is C21H27ClO4. The van der Waals surface area contributed by atoms with Crippen LogP contribution in [0.4, 0.5) is 0 Å². The summed E-state index contributed by atoms with van der Waals surface area (Å²) in [6.07, 6.45) is 6.74. The molecule has 0 aliphatic heterocycles. The van der Waals surface area contributed by atoms with Gasteiger partial charge in [-0.05, 0) is 61.5 Å². The Morgan fingerprint density at radius 1 is 1.31 bits per heavy atom. The van der Waals surface area contributed by atoms with E-state index in [1.54, 1.807) is 6.08 Å². The quantitative estimate of drug-likeness (QED) is 0.541. The zero-order valence-corrected chi connectivity index (χ0v) is 16.3. The Morgan fingerprint density at radius 2 is 2.08 bits per heavy atom. The molecule has 5 heteroatoms. The number of alkyl halides is 1. The number of ketones is 2. The third-order valence-corrected chi connectivity index (χ3v) is 8.11. The van der Waals surface area contributed by atoms with Crippen molar-refractivity contribution < 1.29 is 19.1 Å². The van der Waals surface area contributed by atoms with Gasteiger partial charge in [-0.1, -0.05) is 6.92 Å². The maximum absolute atomic E-state index is 13.0. The second-order valence-electron chi connectivity index (χ2n) is 8.64. The van der Waals surface area contributed by atoms with Crippen molar-refractivity contribution in [2.75, 3.05) is 0 Å². The molecule has 0 amide bonds. The van der Waals surface area contributed by atoms with E-state index in [2.05, 4.69) is 6.92 Å². The van der Waals surface area contributed by atoms with Crippen LogP contribution in [0.1, 0.15) is 58.8 Å². The lowest BCUT2D eigenvalue weighted by Crippen LogP contribution is -2.52. The molecule has 0 aromatic rings. The van der Waals surface area contributed by atoms with Crippen LogP contribution in [0.25, 0.3) is 0 Å². The molecule has 0 bridgehead atoms. The number of carbonyl (C=O) groups is 3. The van der Waals surface area contributed by atoms with Crippen LogP contribution >= 0.6 is 11.6 Å². The second kappa shape index (κ2) is 6.47. The molecule has 4 nitrogen and oxygen atoms in total. The highest BCUT2D eigenvalue weighted by Gasteiger charge is 2.63. The van der Waals surface area contributed by atoms with E-state index in [1.165, 1.54) is 6.92 Å². The van der Waals surface area contributed by atoms with Crippen LogP contribution < -0.4 is 0 Å². The molecule has 1 unspecified atom stereocenters. The van der Waals surface area contributed by atoms with Crippen LogP contribution in [0.3, 0.4) is 0 Å². The van der Waals surface area contributed by atoms with Crippen molar-refractivity contribution >= 4 is 29.1 Å².